The van der Waals surface area contributed by atoms with E-state index in [4.69, 9.17) is 13.6 Å². The molecule has 178 valence electrons. The molecule has 8 nitrogen and oxygen atoms in total. The fourth-order valence-electron chi connectivity index (χ4n) is 3.13. The van der Waals surface area contributed by atoms with Crippen LogP contribution in [-0.4, -0.2) is 54.6 Å². The summed E-state index contributed by atoms with van der Waals surface area (Å²) in [7, 11) is 0. The Kier molecular flexibility index (Phi) is 10.6. The molecule has 0 spiro atoms. The van der Waals surface area contributed by atoms with Crippen LogP contribution in [0.1, 0.15) is 102 Å². The summed E-state index contributed by atoms with van der Waals surface area (Å²) < 4.78 is 33.9. The molecule has 1 N–H and O–H groups in total. The zero-order valence-corrected chi connectivity index (χ0v) is 19.3. The molecule has 1 saturated heterocycles. The Hall–Kier alpha value is -2.12. The minimum Gasteiger partial charge on any atom is -0.464 e. The van der Waals surface area contributed by atoms with Gasteiger partial charge in [0.15, 0.2) is 0 Å². The number of hydrogen-bond donors (Lipinski definition) is 1. The Morgan fingerprint density at radius 3 is 2.10 bits per heavy atom. The van der Waals surface area contributed by atoms with Gasteiger partial charge in [0.1, 0.15) is 12.1 Å². The van der Waals surface area contributed by atoms with Crippen LogP contribution in [0.4, 0.5) is 4.79 Å². The number of likely N-dealkylation sites (N-methyl/N-ethyl adjacent to an activating group) is 1. The summed E-state index contributed by atoms with van der Waals surface area (Å²) in [5.74, 6) is -1.82. The molecule has 1 aliphatic heterocycles. The van der Waals surface area contributed by atoms with Gasteiger partial charge in [0.25, 0.3) is 0 Å². The molecule has 0 radical (unpaired) electrons. The van der Waals surface area contributed by atoms with Gasteiger partial charge in [0.2, 0.25) is 11.9 Å². The van der Waals surface area contributed by atoms with Crippen molar-refractivity contribution in [2.24, 2.45) is 4.99 Å². The number of carbonyl (C=O) groups is 3. The van der Waals surface area contributed by atoms with Gasteiger partial charge in [-0.05, 0) is 33.6 Å². The maximum atomic E-state index is 12.5. The zero-order valence-electron chi connectivity index (χ0n) is 22.3. The van der Waals surface area contributed by atoms with Gasteiger partial charge in [0.05, 0.1) is 6.61 Å². The van der Waals surface area contributed by atoms with E-state index < -0.39 is 43.1 Å². The summed E-state index contributed by atoms with van der Waals surface area (Å²) in [4.78, 5) is 41.5. The average Bonchev–Trinajstić information content (AvgIpc) is 2.68. The topological polar surface area (TPSA) is 97.3 Å². The smallest absolute Gasteiger partial charge is 0.437 e. The molecular weight excluding hydrogens is 398 g/mol. The van der Waals surface area contributed by atoms with Crippen LogP contribution in [0.25, 0.3) is 0 Å². The predicted octanol–water partition coefficient (Wildman–Crippen LogP) is 4.56. The highest BCUT2D eigenvalue weighted by Crippen LogP contribution is 2.12. The average molecular weight is 443 g/mol. The third kappa shape index (κ3) is 14.5. The van der Waals surface area contributed by atoms with Crippen LogP contribution in [0, 0.1) is 0 Å². The molecule has 2 amide bonds. The monoisotopic (exact) mass is 442 g/mol. The summed E-state index contributed by atoms with van der Waals surface area (Å²) in [5, 5.41) is 2.40. The van der Waals surface area contributed by atoms with E-state index in [0.29, 0.717) is 17.7 Å². The summed E-state index contributed by atoms with van der Waals surface area (Å²) in [6.07, 6.45) is 10.1. The molecule has 1 heterocycles. The summed E-state index contributed by atoms with van der Waals surface area (Å²) in [6, 6.07) is 0. The van der Waals surface area contributed by atoms with Crippen molar-refractivity contribution in [3.05, 3.63) is 0 Å². The molecule has 0 aromatic carbocycles. The molecule has 0 bridgehead atoms. The van der Waals surface area contributed by atoms with Crippen molar-refractivity contribution in [3.63, 3.8) is 0 Å². The Bertz CT molecular complexity index is 690. The molecule has 8 heteroatoms. The fraction of sp³-hybridized carbons (Fsp3) is 0.826. The number of cyclic esters (lactones) is 1. The summed E-state index contributed by atoms with van der Waals surface area (Å²) >= 11 is 0. The Balaban J connectivity index is 3.04. The first-order valence-electron chi connectivity index (χ1n) is 12.9. The maximum absolute atomic E-state index is 12.5. The number of carbonyl (C=O) groups excluding carboxylic acids is 3. The molecule has 1 rings (SSSR count). The lowest BCUT2D eigenvalue weighted by Gasteiger charge is -2.22. The Morgan fingerprint density at radius 1 is 1.00 bits per heavy atom. The lowest BCUT2D eigenvalue weighted by atomic mass is 10.1. The normalized spacial score (nSPS) is 23.0. The van der Waals surface area contributed by atoms with E-state index in [1.165, 1.54) is 19.3 Å². The second-order valence-electron chi connectivity index (χ2n) is 8.91. The highest BCUT2D eigenvalue weighted by molar-refractivity contribution is 6.01. The SMILES string of the molecule is [2H]C([2H])([2H])N1CC(=O)OCCCCCCCCCCCCCC(=O)N/C1=N/C(=O)OC(C)(C)C. The fourth-order valence-corrected chi connectivity index (χ4v) is 3.13. The van der Waals surface area contributed by atoms with Crippen molar-refractivity contribution >= 4 is 23.9 Å². The highest BCUT2D eigenvalue weighted by atomic mass is 16.6. The van der Waals surface area contributed by atoms with Gasteiger partial charge < -0.3 is 14.4 Å². The Morgan fingerprint density at radius 2 is 1.55 bits per heavy atom. The number of hydrogen-bond acceptors (Lipinski definition) is 5. The van der Waals surface area contributed by atoms with Crippen molar-refractivity contribution in [1.82, 2.24) is 10.2 Å². The first-order chi connectivity index (χ1) is 15.9. The lowest BCUT2D eigenvalue weighted by molar-refractivity contribution is -0.144. The number of esters is 1. The van der Waals surface area contributed by atoms with Crippen LogP contribution in [0.3, 0.4) is 0 Å². The van der Waals surface area contributed by atoms with Crippen LogP contribution in [0.5, 0.6) is 0 Å². The summed E-state index contributed by atoms with van der Waals surface area (Å²) in [6.45, 7) is 1.53. The molecule has 31 heavy (non-hydrogen) atoms. The number of aliphatic imine (C=N–C) groups is 1. The van der Waals surface area contributed by atoms with Crippen LogP contribution in [0.2, 0.25) is 0 Å². The standard InChI is InChI=1S/C23H41N3O5/c1-23(2,3)31-22(29)25-21-24-19(27)16-14-12-10-8-6-5-7-9-11-13-15-17-30-20(28)18-26(21)4/h5-18H2,1-4H3,(H,24,25,27,29)/i4D3. The minimum absolute atomic E-state index is 0.145. The van der Waals surface area contributed by atoms with E-state index in [0.717, 1.165) is 38.5 Å². The zero-order chi connectivity index (χ0) is 25.6. The molecule has 1 fully saturated rings. The van der Waals surface area contributed by atoms with Crippen molar-refractivity contribution in [3.8, 4) is 0 Å². The second kappa shape index (κ2) is 14.8. The second-order valence-corrected chi connectivity index (χ2v) is 8.91. The van der Waals surface area contributed by atoms with Crippen molar-refractivity contribution in [2.75, 3.05) is 20.1 Å². The van der Waals surface area contributed by atoms with E-state index in [-0.39, 0.29) is 13.0 Å². The first-order valence-corrected chi connectivity index (χ1v) is 11.4. The van der Waals surface area contributed by atoms with Crippen LogP contribution in [-0.2, 0) is 19.1 Å². The van der Waals surface area contributed by atoms with Crippen molar-refractivity contribution in [1.29, 1.82) is 0 Å². The molecule has 0 atom stereocenters. The predicted molar refractivity (Wildman–Crippen MR) is 121 cm³/mol. The van der Waals surface area contributed by atoms with Gasteiger partial charge in [-0.2, -0.15) is 0 Å². The molecule has 1 aliphatic rings. The van der Waals surface area contributed by atoms with Crippen molar-refractivity contribution in [2.45, 2.75) is 103 Å². The van der Waals surface area contributed by atoms with E-state index in [9.17, 15) is 14.4 Å². The number of nitrogens with zero attached hydrogens (tertiary/aromatic N) is 2. The number of amides is 2. The van der Waals surface area contributed by atoms with Crippen LogP contribution in [0.15, 0.2) is 4.99 Å². The lowest BCUT2D eigenvalue weighted by Crippen LogP contribution is -2.45. The number of guanidine groups is 1. The largest absolute Gasteiger partial charge is 0.464 e. The third-order valence-electron chi connectivity index (χ3n) is 4.70. The summed E-state index contributed by atoms with van der Waals surface area (Å²) in [5.41, 5.74) is -0.873. The third-order valence-corrected chi connectivity index (χ3v) is 4.70. The molecule has 0 unspecified atom stereocenters. The number of rotatable bonds is 0. The minimum atomic E-state index is -2.86. The highest BCUT2D eigenvalue weighted by Gasteiger charge is 2.20. The van der Waals surface area contributed by atoms with Gasteiger partial charge in [-0.15, -0.1) is 4.99 Å². The van der Waals surface area contributed by atoms with Crippen LogP contribution < -0.4 is 5.32 Å². The van der Waals surface area contributed by atoms with E-state index in [2.05, 4.69) is 10.3 Å². The molecule has 0 aromatic rings. The quantitative estimate of drug-likeness (QED) is 0.552. The molecular formula is C23H41N3O5. The molecule has 0 aromatic heterocycles. The van der Waals surface area contributed by atoms with Crippen molar-refractivity contribution < 1.29 is 28.0 Å². The van der Waals surface area contributed by atoms with E-state index in [1.54, 1.807) is 20.8 Å². The van der Waals surface area contributed by atoms with Gasteiger partial charge >= 0.3 is 12.1 Å². The van der Waals surface area contributed by atoms with Gasteiger partial charge in [-0.3, -0.25) is 14.9 Å². The first kappa shape index (κ1) is 22.1. The van der Waals surface area contributed by atoms with Gasteiger partial charge in [0, 0.05) is 17.5 Å². The van der Waals surface area contributed by atoms with E-state index in [1.807, 2.05) is 0 Å². The Labute approximate surface area is 191 Å². The molecule has 0 aliphatic carbocycles. The van der Waals surface area contributed by atoms with E-state index >= 15 is 0 Å². The maximum Gasteiger partial charge on any atom is 0.437 e. The van der Waals surface area contributed by atoms with Gasteiger partial charge in [-0.1, -0.05) is 57.8 Å². The van der Waals surface area contributed by atoms with Gasteiger partial charge in [-0.25, -0.2) is 4.79 Å². The van der Waals surface area contributed by atoms with Crippen LogP contribution >= 0.6 is 0 Å². The molecule has 0 saturated carbocycles. The number of nitrogens with one attached hydrogen (secondary N) is 1. The number of ether oxygens (including phenoxy) is 2.